The van der Waals surface area contributed by atoms with Crippen molar-refractivity contribution in [2.75, 3.05) is 0 Å². The van der Waals surface area contributed by atoms with Gasteiger partial charge in [-0.2, -0.15) is 0 Å². The van der Waals surface area contributed by atoms with Crippen molar-refractivity contribution in [3.8, 4) is 0 Å². The van der Waals surface area contributed by atoms with E-state index in [1.807, 2.05) is 30.3 Å². The first-order valence-electron chi connectivity index (χ1n) is 4.84. The molecule has 0 aliphatic rings. The molecule has 0 bridgehead atoms. The van der Waals surface area contributed by atoms with E-state index in [9.17, 15) is 9.59 Å². The van der Waals surface area contributed by atoms with Crippen LogP contribution in [0.25, 0.3) is 0 Å². The van der Waals surface area contributed by atoms with Gasteiger partial charge in [-0.25, -0.2) is 0 Å². The summed E-state index contributed by atoms with van der Waals surface area (Å²) in [5.74, 6) is -1.24. The number of primary amides is 1. The van der Waals surface area contributed by atoms with E-state index in [2.05, 4.69) is 0 Å². The number of esters is 1. The minimum Gasteiger partial charge on any atom is -0.461 e. The van der Waals surface area contributed by atoms with Crippen LogP contribution in [-0.4, -0.2) is 17.9 Å². The van der Waals surface area contributed by atoms with Crippen molar-refractivity contribution in [1.82, 2.24) is 0 Å². The molecule has 5 heteroatoms. The Hall–Kier alpha value is -1.88. The second kappa shape index (κ2) is 5.87. The Labute approximate surface area is 93.4 Å². The van der Waals surface area contributed by atoms with Gasteiger partial charge < -0.3 is 16.2 Å². The van der Waals surface area contributed by atoms with Crippen LogP contribution in [0.5, 0.6) is 0 Å². The number of amides is 1. The largest absolute Gasteiger partial charge is 0.461 e. The first-order valence-corrected chi connectivity index (χ1v) is 4.84. The Bertz CT molecular complexity index is 365. The molecule has 86 valence electrons. The minimum atomic E-state index is -0.983. The number of hydrogen-bond acceptors (Lipinski definition) is 4. The lowest BCUT2D eigenvalue weighted by molar-refractivity contribution is -0.146. The number of carbonyl (C=O) groups is 2. The SMILES string of the molecule is NC(=O)[C@H](N)CC(=O)OCc1ccccc1. The molecule has 1 atom stereocenters. The smallest absolute Gasteiger partial charge is 0.308 e. The Kier molecular flexibility index (Phi) is 4.47. The van der Waals surface area contributed by atoms with Crippen molar-refractivity contribution in [2.45, 2.75) is 19.1 Å². The van der Waals surface area contributed by atoms with Gasteiger partial charge in [0.05, 0.1) is 12.5 Å². The van der Waals surface area contributed by atoms with Crippen molar-refractivity contribution in [3.63, 3.8) is 0 Å². The van der Waals surface area contributed by atoms with Crippen LogP contribution in [-0.2, 0) is 20.9 Å². The summed E-state index contributed by atoms with van der Waals surface area (Å²) in [5, 5.41) is 0. The molecule has 16 heavy (non-hydrogen) atoms. The number of rotatable bonds is 5. The molecule has 0 aromatic heterocycles. The second-order valence-electron chi connectivity index (χ2n) is 3.36. The fourth-order valence-corrected chi connectivity index (χ4v) is 1.08. The van der Waals surface area contributed by atoms with Crippen molar-refractivity contribution in [3.05, 3.63) is 35.9 Å². The summed E-state index contributed by atoms with van der Waals surface area (Å²) in [6.07, 6.45) is -0.192. The summed E-state index contributed by atoms with van der Waals surface area (Å²) in [7, 11) is 0. The molecule has 1 aromatic rings. The molecular formula is C11H14N2O3. The predicted octanol–water partition coefficient (Wildman–Crippen LogP) is -0.0675. The molecule has 0 aliphatic carbocycles. The maximum atomic E-state index is 11.2. The van der Waals surface area contributed by atoms with E-state index in [1.54, 1.807) is 0 Å². The van der Waals surface area contributed by atoms with Gasteiger partial charge in [-0.1, -0.05) is 30.3 Å². The average molecular weight is 222 g/mol. The molecule has 0 heterocycles. The van der Waals surface area contributed by atoms with Gasteiger partial charge in [-0.3, -0.25) is 9.59 Å². The number of hydrogen-bond donors (Lipinski definition) is 2. The van der Waals surface area contributed by atoms with Crippen molar-refractivity contribution in [2.24, 2.45) is 11.5 Å². The Morgan fingerprint density at radius 1 is 1.25 bits per heavy atom. The van der Waals surface area contributed by atoms with Crippen LogP contribution in [0.15, 0.2) is 30.3 Å². The highest BCUT2D eigenvalue weighted by atomic mass is 16.5. The van der Waals surface area contributed by atoms with Crippen molar-refractivity contribution >= 4 is 11.9 Å². The highest BCUT2D eigenvalue weighted by Crippen LogP contribution is 2.02. The van der Waals surface area contributed by atoms with Crippen LogP contribution in [0.3, 0.4) is 0 Å². The monoisotopic (exact) mass is 222 g/mol. The highest BCUT2D eigenvalue weighted by Gasteiger charge is 2.15. The van der Waals surface area contributed by atoms with Crippen LogP contribution in [0.1, 0.15) is 12.0 Å². The molecule has 0 aliphatic heterocycles. The third-order valence-corrected chi connectivity index (χ3v) is 1.99. The molecule has 0 saturated heterocycles. The zero-order valence-electron chi connectivity index (χ0n) is 8.76. The number of carbonyl (C=O) groups excluding carboxylic acids is 2. The van der Waals surface area contributed by atoms with Crippen LogP contribution < -0.4 is 11.5 Å². The summed E-state index contributed by atoms with van der Waals surface area (Å²) in [5.41, 5.74) is 11.1. The molecule has 4 N–H and O–H groups in total. The molecule has 0 spiro atoms. The van der Waals surface area contributed by atoms with E-state index in [0.29, 0.717) is 0 Å². The van der Waals surface area contributed by atoms with Crippen molar-refractivity contribution < 1.29 is 14.3 Å². The summed E-state index contributed by atoms with van der Waals surface area (Å²) in [6.45, 7) is 0.172. The van der Waals surface area contributed by atoms with Gasteiger partial charge in [0.2, 0.25) is 5.91 Å². The van der Waals surface area contributed by atoms with E-state index in [4.69, 9.17) is 16.2 Å². The minimum absolute atomic E-state index is 0.172. The van der Waals surface area contributed by atoms with Gasteiger partial charge in [-0.15, -0.1) is 0 Å². The quantitative estimate of drug-likeness (QED) is 0.682. The van der Waals surface area contributed by atoms with E-state index in [-0.39, 0.29) is 13.0 Å². The summed E-state index contributed by atoms with van der Waals surface area (Å²) in [4.78, 5) is 21.8. The Morgan fingerprint density at radius 2 is 1.88 bits per heavy atom. The topological polar surface area (TPSA) is 95.4 Å². The van der Waals surface area contributed by atoms with E-state index in [0.717, 1.165) is 5.56 Å². The molecule has 0 radical (unpaired) electrons. The normalized spacial score (nSPS) is 11.8. The molecule has 1 aromatic carbocycles. The fourth-order valence-electron chi connectivity index (χ4n) is 1.08. The predicted molar refractivity (Wildman–Crippen MR) is 58.0 cm³/mol. The van der Waals surface area contributed by atoms with Gasteiger partial charge in [0, 0.05) is 0 Å². The highest BCUT2D eigenvalue weighted by molar-refractivity contribution is 5.85. The Balaban J connectivity index is 2.33. The maximum Gasteiger partial charge on any atom is 0.308 e. The average Bonchev–Trinajstić information content (AvgIpc) is 2.27. The van der Waals surface area contributed by atoms with E-state index < -0.39 is 17.9 Å². The van der Waals surface area contributed by atoms with Crippen molar-refractivity contribution in [1.29, 1.82) is 0 Å². The molecular weight excluding hydrogens is 208 g/mol. The third kappa shape index (κ3) is 4.10. The van der Waals surface area contributed by atoms with E-state index in [1.165, 1.54) is 0 Å². The maximum absolute atomic E-state index is 11.2. The van der Waals surface area contributed by atoms with Crippen LogP contribution in [0, 0.1) is 0 Å². The summed E-state index contributed by atoms with van der Waals surface area (Å²) < 4.78 is 4.92. The lowest BCUT2D eigenvalue weighted by atomic mass is 10.2. The van der Waals surface area contributed by atoms with Gasteiger partial charge in [0.25, 0.3) is 0 Å². The molecule has 5 nitrogen and oxygen atoms in total. The molecule has 1 amide bonds. The standard InChI is InChI=1S/C11H14N2O3/c12-9(11(13)15)6-10(14)16-7-8-4-2-1-3-5-8/h1-5,9H,6-7,12H2,(H2,13,15)/t9-/m1/s1. The van der Waals surface area contributed by atoms with Crippen LogP contribution in [0.4, 0.5) is 0 Å². The van der Waals surface area contributed by atoms with Crippen LogP contribution >= 0.6 is 0 Å². The number of nitrogens with two attached hydrogens (primary N) is 2. The first-order chi connectivity index (χ1) is 7.59. The zero-order valence-corrected chi connectivity index (χ0v) is 8.76. The van der Waals surface area contributed by atoms with Crippen LogP contribution in [0.2, 0.25) is 0 Å². The first kappa shape index (κ1) is 12.2. The van der Waals surface area contributed by atoms with Gasteiger partial charge in [0.15, 0.2) is 0 Å². The third-order valence-electron chi connectivity index (χ3n) is 1.99. The molecule has 0 fully saturated rings. The second-order valence-corrected chi connectivity index (χ2v) is 3.36. The van der Waals surface area contributed by atoms with Gasteiger partial charge in [-0.05, 0) is 5.56 Å². The summed E-state index contributed by atoms with van der Waals surface area (Å²) >= 11 is 0. The zero-order chi connectivity index (χ0) is 12.0. The number of ether oxygens (including phenoxy) is 1. The lowest BCUT2D eigenvalue weighted by Crippen LogP contribution is -2.38. The van der Waals surface area contributed by atoms with Gasteiger partial charge >= 0.3 is 5.97 Å². The van der Waals surface area contributed by atoms with E-state index >= 15 is 0 Å². The lowest BCUT2D eigenvalue weighted by Gasteiger charge is -2.07. The molecule has 0 saturated carbocycles. The molecule has 1 rings (SSSR count). The Morgan fingerprint density at radius 3 is 2.44 bits per heavy atom. The molecule has 0 unspecified atom stereocenters. The summed E-state index contributed by atoms with van der Waals surface area (Å²) in [6, 6.07) is 8.25. The van der Waals surface area contributed by atoms with Gasteiger partial charge in [0.1, 0.15) is 6.61 Å². The fraction of sp³-hybridized carbons (Fsp3) is 0.273. The number of benzene rings is 1.